The molecular formula is C91H146O17P2. The summed E-state index contributed by atoms with van der Waals surface area (Å²) in [5, 5.41) is 10.7. The van der Waals surface area contributed by atoms with Crippen LogP contribution in [0, 0.1) is 0 Å². The van der Waals surface area contributed by atoms with Crippen molar-refractivity contribution in [3.8, 4) is 0 Å². The number of aliphatic hydroxyl groups excluding tert-OH is 1. The zero-order valence-electron chi connectivity index (χ0n) is 68.1. The van der Waals surface area contributed by atoms with E-state index < -0.39 is 97.5 Å². The minimum absolute atomic E-state index is 0.0226. The van der Waals surface area contributed by atoms with Crippen molar-refractivity contribution in [1.29, 1.82) is 0 Å². The van der Waals surface area contributed by atoms with E-state index in [-0.39, 0.29) is 25.7 Å². The number of carbonyl (C=O) groups excluding carboxylic acids is 4. The van der Waals surface area contributed by atoms with Gasteiger partial charge in [-0.2, -0.15) is 0 Å². The van der Waals surface area contributed by atoms with Crippen LogP contribution in [0.25, 0.3) is 0 Å². The van der Waals surface area contributed by atoms with Crippen molar-refractivity contribution in [2.45, 2.75) is 316 Å². The van der Waals surface area contributed by atoms with Gasteiger partial charge >= 0.3 is 39.5 Å². The van der Waals surface area contributed by atoms with Crippen molar-refractivity contribution in [2.75, 3.05) is 39.6 Å². The molecule has 17 nitrogen and oxygen atoms in total. The van der Waals surface area contributed by atoms with Gasteiger partial charge in [-0.3, -0.25) is 37.3 Å². The lowest BCUT2D eigenvalue weighted by Crippen LogP contribution is -2.30. The molecule has 0 aliphatic rings. The van der Waals surface area contributed by atoms with E-state index in [1.54, 1.807) is 0 Å². The first-order valence-electron chi connectivity index (χ1n) is 41.7. The number of esters is 4. The minimum Gasteiger partial charge on any atom is -0.462 e. The molecule has 0 spiro atoms. The normalized spacial score (nSPS) is 14.8. The Morgan fingerprint density at radius 1 is 0.264 bits per heavy atom. The first-order chi connectivity index (χ1) is 53.7. The SMILES string of the molecule is CC/C=C\C/C=C\C/C=C\C/C=C\C/C=C\C/C=C\CCC(=O)OCC(COP(=O)(O)OCC(O)COP(=O)(O)OCC(COC(=O)CCCCCCCC/C=C\C/C=C\C/C=C\C/C=C\CC)OC(=O)CCCCCCC/C=C\C/C=C\CCCCC)OC(=O)CCCCCC/C=C\C/C=C\C/C=C\C/C=C\CC. The Labute approximate surface area is 666 Å². The second kappa shape index (κ2) is 80.9. The van der Waals surface area contributed by atoms with Crippen LogP contribution < -0.4 is 0 Å². The summed E-state index contributed by atoms with van der Waals surface area (Å²) in [4.78, 5) is 73.2. The van der Waals surface area contributed by atoms with E-state index in [0.717, 1.165) is 193 Å². The van der Waals surface area contributed by atoms with Crippen molar-refractivity contribution in [2.24, 2.45) is 0 Å². The number of phosphoric ester groups is 2. The molecule has 0 rings (SSSR count). The molecule has 0 bridgehead atoms. The fraction of sp³-hybridized carbons (Fsp3) is 0.604. The van der Waals surface area contributed by atoms with Crippen molar-refractivity contribution in [3.63, 3.8) is 0 Å². The molecule has 19 heteroatoms. The van der Waals surface area contributed by atoms with Crippen LogP contribution in [-0.4, -0.2) is 96.7 Å². The number of rotatable bonds is 76. The molecule has 0 radical (unpaired) electrons. The van der Waals surface area contributed by atoms with E-state index in [1.807, 2.05) is 18.2 Å². The van der Waals surface area contributed by atoms with Gasteiger partial charge in [0.25, 0.3) is 0 Å². The Balaban J connectivity index is 5.50. The first-order valence-corrected chi connectivity index (χ1v) is 44.7. The van der Waals surface area contributed by atoms with Gasteiger partial charge in [0.1, 0.15) is 19.3 Å². The fourth-order valence-electron chi connectivity index (χ4n) is 10.3. The predicted molar refractivity (Wildman–Crippen MR) is 454 cm³/mol. The second-order valence-electron chi connectivity index (χ2n) is 26.9. The number of unbranched alkanes of at least 4 members (excludes halogenated alkanes) is 18. The number of allylic oxidation sites excluding steroid dienone is 32. The summed E-state index contributed by atoms with van der Waals surface area (Å²) in [6, 6.07) is 0. The topological polar surface area (TPSA) is 237 Å². The van der Waals surface area contributed by atoms with Gasteiger partial charge in [-0.05, 0) is 173 Å². The first kappa shape index (κ1) is 104. The Kier molecular flexibility index (Phi) is 76.4. The predicted octanol–water partition coefficient (Wildman–Crippen LogP) is 24.9. The highest BCUT2D eigenvalue weighted by Gasteiger charge is 2.30. The van der Waals surface area contributed by atoms with Crippen molar-refractivity contribution in [1.82, 2.24) is 0 Å². The number of carbonyl (C=O) groups is 4. The molecule has 3 N–H and O–H groups in total. The quantitative estimate of drug-likeness (QED) is 0.0169. The Morgan fingerprint density at radius 2 is 0.491 bits per heavy atom. The molecule has 0 aliphatic carbocycles. The lowest BCUT2D eigenvalue weighted by atomic mass is 10.1. The second-order valence-corrected chi connectivity index (χ2v) is 29.8. The largest absolute Gasteiger partial charge is 0.472 e. The molecule has 0 aliphatic heterocycles. The van der Waals surface area contributed by atoms with E-state index in [1.165, 1.54) is 19.3 Å². The van der Waals surface area contributed by atoms with Gasteiger partial charge in [-0.25, -0.2) is 9.13 Å². The molecular weight excluding hydrogens is 1430 g/mol. The van der Waals surface area contributed by atoms with Crippen LogP contribution in [0.1, 0.15) is 297 Å². The van der Waals surface area contributed by atoms with Crippen molar-refractivity contribution in [3.05, 3.63) is 194 Å². The summed E-state index contributed by atoms with van der Waals surface area (Å²) in [6.45, 7) is 4.35. The van der Waals surface area contributed by atoms with Crippen molar-refractivity contribution < 1.29 is 80.2 Å². The van der Waals surface area contributed by atoms with Crippen LogP contribution in [-0.2, 0) is 65.4 Å². The molecule has 0 aromatic rings. The lowest BCUT2D eigenvalue weighted by molar-refractivity contribution is -0.161. The third-order valence-electron chi connectivity index (χ3n) is 16.5. The molecule has 0 amide bonds. The van der Waals surface area contributed by atoms with Gasteiger partial charge in [0.2, 0.25) is 0 Å². The molecule has 0 aromatic carbocycles. The molecule has 0 saturated carbocycles. The lowest BCUT2D eigenvalue weighted by Gasteiger charge is -2.21. The molecule has 0 aromatic heterocycles. The number of hydrogen-bond donors (Lipinski definition) is 3. The number of ether oxygens (including phenoxy) is 4. The summed E-state index contributed by atoms with van der Waals surface area (Å²) in [5.41, 5.74) is 0. The van der Waals surface area contributed by atoms with Crippen molar-refractivity contribution >= 4 is 39.5 Å². The highest BCUT2D eigenvalue weighted by molar-refractivity contribution is 7.47. The molecule has 110 heavy (non-hydrogen) atoms. The number of hydrogen-bond acceptors (Lipinski definition) is 15. The molecule has 0 heterocycles. The maximum absolute atomic E-state index is 13.1. The van der Waals surface area contributed by atoms with Crippen LogP contribution in [0.2, 0.25) is 0 Å². The van der Waals surface area contributed by atoms with Crippen LogP contribution in [0.15, 0.2) is 194 Å². The summed E-state index contributed by atoms with van der Waals surface area (Å²) < 4.78 is 68.6. The standard InChI is InChI=1S/C91H146O17P2/c1-5-9-13-17-21-25-29-33-37-40-42-45-48-51-55-59-63-67-71-75-88(93)101-81-86(107-90(95)77-73-69-65-61-57-53-47-36-32-28-24-20-16-12-8-4)83-105-109(97,98)103-79-85(92)80-104-110(99,100)106-84-87(108-91(96)78-74-70-66-62-58-54-50-44-39-35-31-27-23-19-15-11-7-3)82-102-89(94)76-72-68-64-60-56-52-49-46-43-41-38-34-30-26-22-18-14-10-6-2/h9-11,13-15,21-28,33-39,42-43,45-47,50,52,54,56,64,68,85-87,92H,5-8,12,16-20,29-32,40-41,44,48-49,51,53,55,57-63,65-67,69-84H2,1-4H3,(H,97,98)(H,99,100)/b13-9-,14-10-,15-11-,25-21-,26-22-,27-23-,28-24-,37-33-,38-34-,39-35-,45-42-,46-43-,47-36-,54-50-,56-52-,68-64-. The third-order valence-corrected chi connectivity index (χ3v) is 18.4. The molecule has 0 fully saturated rings. The highest BCUT2D eigenvalue weighted by Crippen LogP contribution is 2.45. The summed E-state index contributed by atoms with van der Waals surface area (Å²) in [6.07, 6.45) is 99.8. The third kappa shape index (κ3) is 80.0. The van der Waals surface area contributed by atoms with Crippen LogP contribution in [0.3, 0.4) is 0 Å². The van der Waals surface area contributed by atoms with Crippen LogP contribution in [0.5, 0.6) is 0 Å². The van der Waals surface area contributed by atoms with Gasteiger partial charge in [0.05, 0.1) is 26.4 Å². The van der Waals surface area contributed by atoms with Crippen LogP contribution in [0.4, 0.5) is 0 Å². The zero-order valence-corrected chi connectivity index (χ0v) is 69.9. The number of aliphatic hydroxyl groups is 1. The van der Waals surface area contributed by atoms with Gasteiger partial charge in [-0.15, -0.1) is 0 Å². The maximum atomic E-state index is 13.1. The summed E-state index contributed by atoms with van der Waals surface area (Å²) in [7, 11) is -10.0. The monoisotopic (exact) mass is 1570 g/mol. The maximum Gasteiger partial charge on any atom is 0.472 e. The number of phosphoric acid groups is 2. The average molecular weight is 1570 g/mol. The summed E-state index contributed by atoms with van der Waals surface area (Å²) in [5.74, 6) is -2.35. The van der Waals surface area contributed by atoms with E-state index in [9.17, 15) is 43.2 Å². The molecule has 5 unspecified atom stereocenters. The van der Waals surface area contributed by atoms with Gasteiger partial charge in [0.15, 0.2) is 12.2 Å². The van der Waals surface area contributed by atoms with Gasteiger partial charge in [-0.1, -0.05) is 293 Å². The molecule has 0 saturated heterocycles. The van der Waals surface area contributed by atoms with E-state index in [2.05, 4.69) is 204 Å². The molecule has 5 atom stereocenters. The van der Waals surface area contributed by atoms with E-state index in [4.69, 9.17) is 37.0 Å². The fourth-order valence-corrected chi connectivity index (χ4v) is 11.9. The van der Waals surface area contributed by atoms with E-state index >= 15 is 0 Å². The summed E-state index contributed by atoms with van der Waals surface area (Å²) >= 11 is 0. The Bertz CT molecular complexity index is 2850. The van der Waals surface area contributed by atoms with Gasteiger partial charge in [0, 0.05) is 25.7 Å². The smallest absolute Gasteiger partial charge is 0.462 e. The average Bonchev–Trinajstić information content (AvgIpc) is 0.906. The minimum atomic E-state index is -5.02. The highest BCUT2D eigenvalue weighted by atomic mass is 31.2. The van der Waals surface area contributed by atoms with Crippen LogP contribution >= 0.6 is 15.6 Å². The molecule has 622 valence electrons. The Morgan fingerprint density at radius 3 is 0.782 bits per heavy atom. The van der Waals surface area contributed by atoms with Gasteiger partial charge < -0.3 is 33.8 Å². The van der Waals surface area contributed by atoms with E-state index in [0.29, 0.717) is 32.1 Å². The Hall–Kier alpha value is -6.10. The zero-order chi connectivity index (χ0) is 80.3.